The summed E-state index contributed by atoms with van der Waals surface area (Å²) in [5.41, 5.74) is 4.15. The third-order valence-electron chi connectivity index (χ3n) is 3.69. The van der Waals surface area contributed by atoms with Gasteiger partial charge in [-0.25, -0.2) is 4.31 Å². The molecule has 4 nitrogen and oxygen atoms in total. The summed E-state index contributed by atoms with van der Waals surface area (Å²) in [6.07, 6.45) is 5.21. The Bertz CT molecular complexity index is 896. The topological polar surface area (TPSA) is 44.0 Å². The van der Waals surface area contributed by atoms with E-state index in [1.54, 1.807) is 24.5 Å². The molecule has 0 fully saturated rings. The van der Waals surface area contributed by atoms with E-state index in [0.29, 0.717) is 15.1 Å². The van der Waals surface area contributed by atoms with Crippen LogP contribution in [0.1, 0.15) is 11.1 Å². The molecular weight excluding hydrogens is 375 g/mol. The second-order valence-electron chi connectivity index (χ2n) is 5.28. The summed E-state index contributed by atoms with van der Waals surface area (Å²) in [6.45, 7) is 1.48. The summed E-state index contributed by atoms with van der Waals surface area (Å²) in [5.74, 6) is 0. The van der Waals surface area contributed by atoms with Gasteiger partial charge in [0.25, 0.3) is 0 Å². The Morgan fingerprint density at radius 3 is 2.87 bits per heavy atom. The van der Waals surface area contributed by atoms with Gasteiger partial charge in [-0.05, 0) is 23.3 Å². The highest BCUT2D eigenvalue weighted by molar-refractivity contribution is 7.98. The van der Waals surface area contributed by atoms with Crippen molar-refractivity contribution in [2.75, 3.05) is 4.72 Å². The van der Waals surface area contributed by atoms with Crippen molar-refractivity contribution < 1.29 is 0 Å². The molecule has 0 radical (unpaired) electrons. The molecule has 0 saturated heterocycles. The monoisotopic (exact) mass is 384 g/mol. The zero-order valence-electron chi connectivity index (χ0n) is 11.7. The number of aromatic amines is 1. The molecule has 2 N–H and O–H groups in total. The van der Waals surface area contributed by atoms with Crippen LogP contribution in [0.2, 0.25) is 15.1 Å². The number of aromatic nitrogens is 2. The van der Waals surface area contributed by atoms with Crippen molar-refractivity contribution in [2.45, 2.75) is 13.1 Å². The second-order valence-corrected chi connectivity index (χ2v) is 7.44. The molecule has 3 aromatic rings. The van der Waals surface area contributed by atoms with E-state index < -0.39 is 0 Å². The van der Waals surface area contributed by atoms with E-state index in [0.717, 1.165) is 40.8 Å². The highest BCUT2D eigenvalue weighted by atomic mass is 35.5. The number of nitrogens with zero attached hydrogens (tertiary/aromatic N) is 2. The standard InChI is InChI=1S/C15H11Cl3N4S/c16-10-1-8(3-19-4-10)6-22-7-9-2-11(17)13-12(18)5-20-15(13)14(9)21-23-22/h1-5,20-21H,6-7H2. The first-order valence-corrected chi connectivity index (χ1v) is 8.78. The quantitative estimate of drug-likeness (QED) is 0.571. The van der Waals surface area contributed by atoms with Crippen LogP contribution in [0.25, 0.3) is 10.9 Å². The van der Waals surface area contributed by atoms with Gasteiger partial charge in [-0.3, -0.25) is 4.98 Å². The Labute approximate surface area is 152 Å². The summed E-state index contributed by atoms with van der Waals surface area (Å²) >= 11 is 20.1. The molecule has 118 valence electrons. The van der Waals surface area contributed by atoms with Gasteiger partial charge in [0.05, 0.1) is 26.3 Å². The van der Waals surface area contributed by atoms with Crippen LogP contribution in [0.4, 0.5) is 5.69 Å². The lowest BCUT2D eigenvalue weighted by molar-refractivity contribution is 0.460. The molecule has 0 amide bonds. The van der Waals surface area contributed by atoms with E-state index >= 15 is 0 Å². The van der Waals surface area contributed by atoms with Crippen molar-refractivity contribution in [1.82, 2.24) is 14.3 Å². The molecule has 2 aromatic heterocycles. The molecule has 3 heterocycles. The number of anilines is 1. The number of benzene rings is 1. The van der Waals surface area contributed by atoms with Gasteiger partial charge >= 0.3 is 0 Å². The van der Waals surface area contributed by atoms with E-state index in [9.17, 15) is 0 Å². The first kappa shape index (κ1) is 15.4. The van der Waals surface area contributed by atoms with Gasteiger partial charge in [0, 0.05) is 49.2 Å². The number of H-pyrrole nitrogens is 1. The van der Waals surface area contributed by atoms with Gasteiger partial charge in [0.15, 0.2) is 0 Å². The minimum absolute atomic E-state index is 0.632. The fraction of sp³-hybridized carbons (Fsp3) is 0.133. The van der Waals surface area contributed by atoms with Crippen LogP contribution in [0.3, 0.4) is 0 Å². The molecule has 23 heavy (non-hydrogen) atoms. The van der Waals surface area contributed by atoms with Crippen LogP contribution in [0.15, 0.2) is 30.7 Å². The van der Waals surface area contributed by atoms with Crippen molar-refractivity contribution in [3.63, 3.8) is 0 Å². The number of hydrogen-bond acceptors (Lipinski definition) is 4. The number of nitrogens with one attached hydrogen (secondary N) is 2. The van der Waals surface area contributed by atoms with Gasteiger partial charge in [-0.2, -0.15) is 0 Å². The minimum Gasteiger partial charge on any atom is -0.358 e. The predicted octanol–water partition coefficient (Wildman–Crippen LogP) is 5.51. The molecule has 0 saturated carbocycles. The van der Waals surface area contributed by atoms with Crippen molar-refractivity contribution in [2.24, 2.45) is 0 Å². The van der Waals surface area contributed by atoms with Crippen LogP contribution in [0, 0.1) is 0 Å². The van der Waals surface area contributed by atoms with E-state index in [-0.39, 0.29) is 0 Å². The molecular formula is C15H11Cl3N4S. The number of pyridine rings is 1. The highest BCUT2D eigenvalue weighted by Gasteiger charge is 2.22. The van der Waals surface area contributed by atoms with Crippen LogP contribution >= 0.6 is 46.9 Å². The predicted molar refractivity (Wildman–Crippen MR) is 98.0 cm³/mol. The van der Waals surface area contributed by atoms with E-state index in [1.165, 1.54) is 0 Å². The lowest BCUT2D eigenvalue weighted by Gasteiger charge is -2.28. The average molecular weight is 386 g/mol. The first-order chi connectivity index (χ1) is 11.1. The lowest BCUT2D eigenvalue weighted by atomic mass is 10.1. The van der Waals surface area contributed by atoms with Gasteiger partial charge in [0.1, 0.15) is 0 Å². The zero-order valence-corrected chi connectivity index (χ0v) is 14.8. The van der Waals surface area contributed by atoms with Crippen LogP contribution < -0.4 is 4.72 Å². The molecule has 0 bridgehead atoms. The first-order valence-electron chi connectivity index (χ1n) is 6.87. The van der Waals surface area contributed by atoms with Crippen LogP contribution in [0.5, 0.6) is 0 Å². The van der Waals surface area contributed by atoms with E-state index in [2.05, 4.69) is 19.0 Å². The SMILES string of the molecule is Clc1cncc(CN2Cc3cc(Cl)c4c(Cl)c[nH]c4c3NS2)c1. The normalized spacial score (nSPS) is 14.7. The van der Waals surface area contributed by atoms with Crippen molar-refractivity contribution in [1.29, 1.82) is 0 Å². The molecule has 0 spiro atoms. The Balaban J connectivity index is 1.64. The summed E-state index contributed by atoms with van der Waals surface area (Å²) in [7, 11) is 0. The molecule has 0 atom stereocenters. The van der Waals surface area contributed by atoms with Crippen LogP contribution in [-0.2, 0) is 13.1 Å². The molecule has 0 unspecified atom stereocenters. The van der Waals surface area contributed by atoms with Gasteiger partial charge in [-0.1, -0.05) is 34.8 Å². The second kappa shape index (κ2) is 6.07. The number of rotatable bonds is 2. The number of fused-ring (bicyclic) bond motifs is 3. The largest absolute Gasteiger partial charge is 0.358 e. The number of halogens is 3. The zero-order chi connectivity index (χ0) is 16.0. The maximum atomic E-state index is 6.38. The summed E-state index contributed by atoms with van der Waals surface area (Å²) in [6, 6.07) is 3.89. The van der Waals surface area contributed by atoms with E-state index in [1.807, 2.05) is 18.3 Å². The van der Waals surface area contributed by atoms with Gasteiger partial charge in [-0.15, -0.1) is 0 Å². The molecule has 0 aliphatic carbocycles. The van der Waals surface area contributed by atoms with E-state index in [4.69, 9.17) is 34.8 Å². The fourth-order valence-electron chi connectivity index (χ4n) is 2.70. The summed E-state index contributed by atoms with van der Waals surface area (Å²) < 4.78 is 5.55. The third kappa shape index (κ3) is 2.88. The number of hydrogen-bond donors (Lipinski definition) is 2. The van der Waals surface area contributed by atoms with Crippen molar-refractivity contribution in [3.05, 3.63) is 56.9 Å². The maximum absolute atomic E-state index is 6.38. The van der Waals surface area contributed by atoms with Gasteiger partial charge < -0.3 is 9.71 Å². The molecule has 8 heteroatoms. The molecule has 1 aliphatic rings. The summed E-state index contributed by atoms with van der Waals surface area (Å²) in [4.78, 5) is 7.31. The van der Waals surface area contributed by atoms with Crippen molar-refractivity contribution in [3.8, 4) is 0 Å². The molecule has 4 rings (SSSR count). The fourth-order valence-corrected chi connectivity index (χ4v) is 4.39. The van der Waals surface area contributed by atoms with Crippen LogP contribution in [-0.4, -0.2) is 14.3 Å². The highest BCUT2D eigenvalue weighted by Crippen LogP contribution is 2.41. The van der Waals surface area contributed by atoms with Gasteiger partial charge in [0.2, 0.25) is 0 Å². The summed E-state index contributed by atoms with van der Waals surface area (Å²) in [5, 5.41) is 2.78. The smallest absolute Gasteiger partial charge is 0.0742 e. The average Bonchev–Trinajstić information content (AvgIpc) is 2.90. The molecule has 1 aromatic carbocycles. The third-order valence-corrected chi connectivity index (χ3v) is 5.30. The minimum atomic E-state index is 0.632. The molecule has 1 aliphatic heterocycles. The maximum Gasteiger partial charge on any atom is 0.0742 e. The Kier molecular flexibility index (Phi) is 4.07. The lowest BCUT2D eigenvalue weighted by Crippen LogP contribution is -2.22. The Morgan fingerprint density at radius 2 is 2.04 bits per heavy atom. The van der Waals surface area contributed by atoms with Crippen molar-refractivity contribution >= 4 is 63.5 Å². The Hall–Kier alpha value is -1.11. The Morgan fingerprint density at radius 1 is 1.17 bits per heavy atom.